The van der Waals surface area contributed by atoms with Crippen LogP contribution in [0.5, 0.6) is 11.6 Å². The van der Waals surface area contributed by atoms with E-state index in [0.717, 1.165) is 12.1 Å². The minimum absolute atomic E-state index is 0.178. The predicted molar refractivity (Wildman–Crippen MR) is 66.0 cm³/mol. The average Bonchev–Trinajstić information content (AvgIpc) is 2.42. The van der Waals surface area contributed by atoms with Gasteiger partial charge in [-0.25, -0.2) is 9.97 Å². The van der Waals surface area contributed by atoms with Crippen LogP contribution in [0.3, 0.4) is 0 Å². The number of aromatic nitrogens is 2. The molecular weight excluding hydrogens is 228 g/mol. The monoisotopic (exact) mass is 240 g/mol. The third kappa shape index (κ3) is 2.81. The summed E-state index contributed by atoms with van der Waals surface area (Å²) in [4.78, 5) is 7.87. The van der Waals surface area contributed by atoms with Crippen LogP contribution in [-0.4, -0.2) is 17.0 Å². The van der Waals surface area contributed by atoms with Crippen LogP contribution in [0.15, 0.2) is 36.7 Å². The lowest BCUT2D eigenvalue weighted by Gasteiger charge is -2.06. The van der Waals surface area contributed by atoms with Crippen molar-refractivity contribution in [2.24, 2.45) is 0 Å². The molecule has 90 valence electrons. The van der Waals surface area contributed by atoms with Crippen molar-refractivity contribution in [3.63, 3.8) is 0 Å². The molecule has 18 heavy (non-hydrogen) atoms. The molecule has 0 saturated carbocycles. The standard InChI is InChI=1S/C13H12N4O/c1-15-9-10-2-4-11(5-3-10)18-13-12(8-14)16-6-7-17-13/h2-7,15H,9H2,1H3. The van der Waals surface area contributed by atoms with E-state index in [1.807, 2.05) is 37.4 Å². The average molecular weight is 240 g/mol. The third-order valence-corrected chi connectivity index (χ3v) is 2.29. The fraction of sp³-hybridized carbons (Fsp3) is 0.154. The predicted octanol–water partition coefficient (Wildman–Crippen LogP) is 1.86. The Kier molecular flexibility index (Phi) is 3.84. The Balaban J connectivity index is 2.16. The summed E-state index contributed by atoms with van der Waals surface area (Å²) in [5.41, 5.74) is 1.33. The summed E-state index contributed by atoms with van der Waals surface area (Å²) in [5, 5.41) is 11.9. The Bertz CT molecular complexity index is 560. The Labute approximate surface area is 105 Å². The van der Waals surface area contributed by atoms with Crippen molar-refractivity contribution in [3.05, 3.63) is 47.9 Å². The number of ether oxygens (including phenoxy) is 1. The van der Waals surface area contributed by atoms with Gasteiger partial charge >= 0.3 is 0 Å². The zero-order valence-corrected chi connectivity index (χ0v) is 9.92. The molecule has 5 nitrogen and oxygen atoms in total. The van der Waals surface area contributed by atoms with E-state index in [-0.39, 0.29) is 11.6 Å². The fourth-order valence-corrected chi connectivity index (χ4v) is 1.47. The van der Waals surface area contributed by atoms with E-state index in [0.29, 0.717) is 5.75 Å². The van der Waals surface area contributed by atoms with Gasteiger partial charge in [0.25, 0.3) is 5.88 Å². The molecule has 0 atom stereocenters. The largest absolute Gasteiger partial charge is 0.437 e. The minimum Gasteiger partial charge on any atom is -0.437 e. The normalized spacial score (nSPS) is 9.78. The van der Waals surface area contributed by atoms with Crippen molar-refractivity contribution in [1.29, 1.82) is 5.26 Å². The van der Waals surface area contributed by atoms with Crippen LogP contribution in [0, 0.1) is 11.3 Å². The summed E-state index contributed by atoms with van der Waals surface area (Å²) in [6.07, 6.45) is 2.95. The van der Waals surface area contributed by atoms with E-state index >= 15 is 0 Å². The molecule has 5 heteroatoms. The number of rotatable bonds is 4. The van der Waals surface area contributed by atoms with Gasteiger partial charge in [-0.3, -0.25) is 0 Å². The number of nitrogens with one attached hydrogen (secondary N) is 1. The maximum Gasteiger partial charge on any atom is 0.256 e. The Morgan fingerprint density at radius 3 is 2.61 bits per heavy atom. The van der Waals surface area contributed by atoms with Gasteiger partial charge in [-0.15, -0.1) is 0 Å². The van der Waals surface area contributed by atoms with Gasteiger partial charge in [-0.05, 0) is 24.7 Å². The molecule has 0 amide bonds. The van der Waals surface area contributed by atoms with E-state index in [2.05, 4.69) is 15.3 Å². The summed E-state index contributed by atoms with van der Waals surface area (Å²) in [6, 6.07) is 9.52. The first-order valence-electron chi connectivity index (χ1n) is 5.46. The van der Waals surface area contributed by atoms with Crippen molar-refractivity contribution in [2.45, 2.75) is 6.54 Å². The maximum absolute atomic E-state index is 8.87. The highest BCUT2D eigenvalue weighted by atomic mass is 16.5. The van der Waals surface area contributed by atoms with Crippen LogP contribution in [0.25, 0.3) is 0 Å². The first-order valence-corrected chi connectivity index (χ1v) is 5.46. The first kappa shape index (κ1) is 12.0. The molecule has 1 aromatic carbocycles. The highest BCUT2D eigenvalue weighted by Gasteiger charge is 2.06. The van der Waals surface area contributed by atoms with Crippen molar-refractivity contribution >= 4 is 0 Å². The van der Waals surface area contributed by atoms with Gasteiger partial charge in [0.15, 0.2) is 0 Å². The molecule has 1 heterocycles. The van der Waals surface area contributed by atoms with Crippen LogP contribution in [0.2, 0.25) is 0 Å². The lowest BCUT2D eigenvalue weighted by Crippen LogP contribution is -2.04. The van der Waals surface area contributed by atoms with E-state index in [1.54, 1.807) is 0 Å². The number of hydrogen-bond acceptors (Lipinski definition) is 5. The summed E-state index contributed by atoms with van der Waals surface area (Å²) in [5.74, 6) is 0.855. The highest BCUT2D eigenvalue weighted by Crippen LogP contribution is 2.21. The fourth-order valence-electron chi connectivity index (χ4n) is 1.47. The summed E-state index contributed by atoms with van der Waals surface area (Å²) in [6.45, 7) is 0.800. The molecule has 0 aliphatic rings. The lowest BCUT2D eigenvalue weighted by molar-refractivity contribution is 0.458. The van der Waals surface area contributed by atoms with Crippen LogP contribution in [-0.2, 0) is 6.54 Å². The van der Waals surface area contributed by atoms with Crippen LogP contribution >= 0.6 is 0 Å². The Morgan fingerprint density at radius 1 is 1.22 bits per heavy atom. The second-order valence-corrected chi connectivity index (χ2v) is 3.60. The molecule has 0 aliphatic heterocycles. The molecule has 2 rings (SSSR count). The molecule has 0 unspecified atom stereocenters. The smallest absolute Gasteiger partial charge is 0.256 e. The quantitative estimate of drug-likeness (QED) is 0.883. The SMILES string of the molecule is CNCc1ccc(Oc2nccnc2C#N)cc1. The molecule has 0 spiro atoms. The molecule has 0 saturated heterocycles. The van der Waals surface area contributed by atoms with Crippen LogP contribution in [0.1, 0.15) is 11.3 Å². The maximum atomic E-state index is 8.87. The van der Waals surface area contributed by atoms with E-state index in [4.69, 9.17) is 10.00 Å². The van der Waals surface area contributed by atoms with Crippen LogP contribution in [0.4, 0.5) is 0 Å². The zero-order chi connectivity index (χ0) is 12.8. The lowest BCUT2D eigenvalue weighted by atomic mass is 10.2. The van der Waals surface area contributed by atoms with E-state index < -0.39 is 0 Å². The zero-order valence-electron chi connectivity index (χ0n) is 9.92. The van der Waals surface area contributed by atoms with Gasteiger partial charge in [0, 0.05) is 18.9 Å². The molecule has 0 fully saturated rings. The molecule has 1 N–H and O–H groups in total. The van der Waals surface area contributed by atoms with Crippen molar-refractivity contribution in [3.8, 4) is 17.7 Å². The molecule has 0 bridgehead atoms. The number of benzene rings is 1. The van der Waals surface area contributed by atoms with Gasteiger partial charge in [-0.1, -0.05) is 12.1 Å². The van der Waals surface area contributed by atoms with Crippen molar-refractivity contribution < 1.29 is 4.74 Å². The van der Waals surface area contributed by atoms with Gasteiger partial charge in [-0.2, -0.15) is 5.26 Å². The van der Waals surface area contributed by atoms with Gasteiger partial charge in [0.2, 0.25) is 5.69 Å². The third-order valence-electron chi connectivity index (χ3n) is 2.29. The van der Waals surface area contributed by atoms with Gasteiger partial charge in [0.05, 0.1) is 0 Å². The summed E-state index contributed by atoms with van der Waals surface area (Å²) >= 11 is 0. The second kappa shape index (κ2) is 5.75. The van der Waals surface area contributed by atoms with Gasteiger partial charge < -0.3 is 10.1 Å². The second-order valence-electron chi connectivity index (χ2n) is 3.60. The van der Waals surface area contributed by atoms with E-state index in [1.165, 1.54) is 12.4 Å². The van der Waals surface area contributed by atoms with Gasteiger partial charge in [0.1, 0.15) is 11.8 Å². The van der Waals surface area contributed by atoms with E-state index in [9.17, 15) is 0 Å². The molecule has 2 aromatic rings. The Hall–Kier alpha value is -2.45. The van der Waals surface area contributed by atoms with Crippen LogP contribution < -0.4 is 10.1 Å². The first-order chi connectivity index (χ1) is 8.83. The molecular formula is C13H12N4O. The van der Waals surface area contributed by atoms with Crippen molar-refractivity contribution in [2.75, 3.05) is 7.05 Å². The topological polar surface area (TPSA) is 70.8 Å². The number of hydrogen-bond donors (Lipinski definition) is 1. The molecule has 0 radical (unpaired) electrons. The number of nitrogens with zero attached hydrogens (tertiary/aromatic N) is 3. The van der Waals surface area contributed by atoms with Crippen molar-refractivity contribution in [1.82, 2.24) is 15.3 Å². The molecule has 0 aliphatic carbocycles. The molecule has 1 aromatic heterocycles. The summed E-state index contributed by atoms with van der Waals surface area (Å²) < 4.78 is 5.52. The minimum atomic E-state index is 0.178. The summed E-state index contributed by atoms with van der Waals surface area (Å²) in [7, 11) is 1.89. The Morgan fingerprint density at radius 2 is 1.94 bits per heavy atom. The highest BCUT2D eigenvalue weighted by molar-refractivity contribution is 5.36. The number of nitriles is 1.